The van der Waals surface area contributed by atoms with E-state index in [1.807, 2.05) is 83.8 Å². The second-order valence-corrected chi connectivity index (χ2v) is 18.7. The number of benzene rings is 2. The maximum Gasteiger partial charge on any atom is 2.00 e. The molecule has 0 amide bonds. The fraction of sp³-hybridized carbons (Fsp3) is 0.220. The Hall–Kier alpha value is -7.82. The Morgan fingerprint density at radius 3 is 1.83 bits per heavy atom. The Bertz CT molecular complexity index is 3290. The zero-order chi connectivity index (χ0) is 55.3. The summed E-state index contributed by atoms with van der Waals surface area (Å²) in [5, 5.41) is 34.7. The van der Waals surface area contributed by atoms with Crippen molar-refractivity contribution in [2.75, 3.05) is 4.90 Å². The summed E-state index contributed by atoms with van der Waals surface area (Å²) >= 11 is 5.44. The summed E-state index contributed by atoms with van der Waals surface area (Å²) < 4.78 is 44.4. The molecule has 8 aromatic rings. The number of unbranched alkanes of at least 4 members (excludes halogenated alkanes) is 6. The van der Waals surface area contributed by atoms with E-state index in [1.54, 1.807) is 35.7 Å². The van der Waals surface area contributed by atoms with Crippen LogP contribution in [0.1, 0.15) is 102 Å². The smallest absolute Gasteiger partial charge is 0.753 e. The van der Waals surface area contributed by atoms with Gasteiger partial charge in [-0.1, -0.05) is 101 Å². The number of aromatic carboxylic acids is 2. The summed E-state index contributed by atoms with van der Waals surface area (Å²) in [5.41, 5.74) is 12.0. The molecule has 0 bridgehead atoms. The molecule has 13 nitrogen and oxygen atoms in total. The van der Waals surface area contributed by atoms with Crippen LogP contribution in [0.4, 0.5) is 30.4 Å². The predicted molar refractivity (Wildman–Crippen MR) is 302 cm³/mol. The number of allylic oxidation sites excluding steroid dienone is 1. The van der Waals surface area contributed by atoms with E-state index in [0.29, 0.717) is 29.0 Å². The fourth-order valence-electron chi connectivity index (χ4n) is 8.03. The molecular formula is C59H55F3N8O5RuS2. The minimum atomic E-state index is -4.77. The van der Waals surface area contributed by atoms with E-state index in [1.165, 1.54) is 90.8 Å². The quantitative estimate of drug-likeness (QED) is 0.0266. The molecule has 2 aromatic carbocycles. The first-order valence-corrected chi connectivity index (χ1v) is 26.0. The number of carbonyl (C=O) groups is 2. The Labute approximate surface area is 473 Å². The maximum absolute atomic E-state index is 12.7. The van der Waals surface area contributed by atoms with Gasteiger partial charge < -0.3 is 25.8 Å². The number of anilines is 3. The third-order valence-electron chi connectivity index (χ3n) is 11.8. The van der Waals surface area contributed by atoms with Crippen molar-refractivity contribution in [3.05, 3.63) is 190 Å². The molecule has 0 aliphatic rings. The maximum atomic E-state index is 12.7. The Balaban J connectivity index is 0.000000280. The predicted octanol–water partition coefficient (Wildman–Crippen LogP) is 17.0. The topological polar surface area (TPSA) is 212 Å². The molecule has 6 aromatic heterocycles. The molecule has 19 heteroatoms. The van der Waals surface area contributed by atoms with E-state index in [9.17, 15) is 33.0 Å². The van der Waals surface area contributed by atoms with E-state index in [0.717, 1.165) is 47.5 Å². The zero-order valence-corrected chi connectivity index (χ0v) is 46.0. The van der Waals surface area contributed by atoms with Gasteiger partial charge in [0.1, 0.15) is 11.5 Å². The molecule has 6 heterocycles. The van der Waals surface area contributed by atoms with Gasteiger partial charge in [0.05, 0.1) is 33.9 Å². The van der Waals surface area contributed by atoms with Crippen LogP contribution in [0.3, 0.4) is 0 Å². The number of aromatic nitrogens is 4. The standard InChI is InChI=1S/C33H22N4O5.C25H33F3N3S.CNS.Ru/c38-32(39)22-14-16-35-27(18-22)29-20-23(33(40)41)19-28(36-29)26-17-21(13-15-34-26)30-11-12-31(42-30)37(24-7-3-1-4-8-24)25-9-5-2-6-10-25;1-3-5-7-9-11-18-15-20(12-10-8-6-4-2)32-24(18)19-13-14-31-22(16-19)21(29)17-23(30)25(26,27)28;2-1-3;/h1-20H,(H,38,39)(H,40,41);13-17,29-30H,3-12H2,1-2H3;;/q;2*-1;+2/b;21-17-,30-23?;;. The number of para-hydroxylation sites is 2. The number of thiophene rings is 1. The number of nitrogens with zero attached hydrogens (tertiary/aromatic N) is 6. The number of aryl methyl sites for hydroxylation is 2. The molecule has 402 valence electrons. The molecule has 78 heavy (non-hydrogen) atoms. The summed E-state index contributed by atoms with van der Waals surface area (Å²) in [5.74, 6) is -1.10. The van der Waals surface area contributed by atoms with Crippen LogP contribution in [0.2, 0.25) is 0 Å². The Morgan fingerprint density at radius 1 is 0.718 bits per heavy atom. The van der Waals surface area contributed by atoms with Gasteiger partial charge in [-0.25, -0.2) is 14.6 Å². The van der Waals surface area contributed by atoms with Gasteiger partial charge in [-0.05, 0) is 128 Å². The number of thiocarbonyl (C=S) groups is 1. The second kappa shape index (κ2) is 30.2. The number of halogens is 3. The normalized spacial score (nSPS) is 11.0. The summed E-state index contributed by atoms with van der Waals surface area (Å²) in [6, 6.07) is 38.3. The van der Waals surface area contributed by atoms with Crippen LogP contribution in [0, 0.1) is 5.41 Å². The van der Waals surface area contributed by atoms with Crippen molar-refractivity contribution < 1.29 is 56.9 Å². The molecule has 0 aliphatic carbocycles. The number of alkyl halides is 3. The average molecular weight is 1180 g/mol. The van der Waals surface area contributed by atoms with Gasteiger partial charge in [0, 0.05) is 57.0 Å². The van der Waals surface area contributed by atoms with E-state index in [4.69, 9.17) is 21.0 Å². The number of hydrogen-bond donors (Lipinski definition) is 3. The van der Waals surface area contributed by atoms with Crippen LogP contribution in [0.5, 0.6) is 0 Å². The minimum absolute atomic E-state index is 0. The van der Waals surface area contributed by atoms with Crippen molar-refractivity contribution in [3.8, 4) is 44.5 Å². The Kier molecular flexibility index (Phi) is 23.6. The van der Waals surface area contributed by atoms with Gasteiger partial charge in [-0.15, -0.1) is 17.0 Å². The van der Waals surface area contributed by atoms with Gasteiger partial charge in [-0.3, -0.25) is 25.3 Å². The molecule has 0 spiro atoms. The molecule has 0 aliphatic heterocycles. The summed E-state index contributed by atoms with van der Waals surface area (Å²) in [4.78, 5) is 45.2. The minimum Gasteiger partial charge on any atom is -0.753 e. The molecule has 0 fully saturated rings. The first-order chi connectivity index (χ1) is 37.1. The number of nitrogens with one attached hydrogen (secondary N) is 2. The number of isothiocyanates is 1. The number of hydrogen-bond acceptors (Lipinski definition) is 11. The molecule has 8 rings (SSSR count). The van der Waals surface area contributed by atoms with Crippen molar-refractivity contribution >= 4 is 69.3 Å². The number of carboxylic acid groups (broad SMARTS) is 2. The molecule has 0 saturated heterocycles. The Morgan fingerprint density at radius 2 is 1.26 bits per heavy atom. The van der Waals surface area contributed by atoms with Gasteiger partial charge in [0.15, 0.2) is 0 Å². The molecular weight excluding hydrogens is 1120 g/mol. The van der Waals surface area contributed by atoms with Crippen LogP contribution in [0.25, 0.3) is 61.4 Å². The van der Waals surface area contributed by atoms with Crippen LogP contribution in [0.15, 0.2) is 156 Å². The largest absolute Gasteiger partial charge is 2.00 e. The molecule has 0 saturated carbocycles. The fourth-order valence-corrected chi connectivity index (χ4v) is 9.28. The number of pyridine rings is 4. The van der Waals surface area contributed by atoms with Crippen molar-refractivity contribution in [1.82, 2.24) is 19.9 Å². The van der Waals surface area contributed by atoms with Crippen molar-refractivity contribution in [1.29, 1.82) is 5.41 Å². The van der Waals surface area contributed by atoms with Gasteiger partial charge >= 0.3 is 37.6 Å². The molecule has 0 radical (unpaired) electrons. The van der Waals surface area contributed by atoms with Gasteiger partial charge in [-0.2, -0.15) is 18.3 Å². The van der Waals surface area contributed by atoms with Gasteiger partial charge in [0.2, 0.25) is 5.88 Å². The van der Waals surface area contributed by atoms with Crippen LogP contribution >= 0.6 is 23.6 Å². The van der Waals surface area contributed by atoms with Crippen LogP contribution in [-0.4, -0.2) is 59.1 Å². The van der Waals surface area contributed by atoms with E-state index in [-0.39, 0.29) is 53.4 Å². The summed E-state index contributed by atoms with van der Waals surface area (Å²) in [7, 11) is 0. The van der Waals surface area contributed by atoms with Crippen molar-refractivity contribution in [2.45, 2.75) is 84.2 Å². The number of rotatable bonds is 21. The van der Waals surface area contributed by atoms with E-state index >= 15 is 0 Å². The van der Waals surface area contributed by atoms with Crippen LogP contribution in [-0.2, 0) is 32.3 Å². The first kappa shape index (κ1) is 61.0. The molecule has 4 N–H and O–H groups in total. The summed E-state index contributed by atoms with van der Waals surface area (Å²) in [6.45, 7) is 4.39. The number of furan rings is 1. The molecule has 0 atom stereocenters. The second-order valence-electron chi connectivity index (χ2n) is 17.4. The third kappa shape index (κ3) is 17.4. The number of carboxylic acids is 2. The van der Waals surface area contributed by atoms with Crippen molar-refractivity contribution in [3.63, 3.8) is 0 Å². The third-order valence-corrected chi connectivity index (χ3v) is 13.1. The van der Waals surface area contributed by atoms with Crippen LogP contribution < -0.4 is 4.90 Å². The monoisotopic (exact) mass is 1180 g/mol. The van der Waals surface area contributed by atoms with E-state index in [2.05, 4.69) is 52.1 Å². The van der Waals surface area contributed by atoms with E-state index < -0.39 is 29.5 Å². The van der Waals surface area contributed by atoms with Gasteiger partial charge in [0.25, 0.3) is 0 Å². The SMILES string of the molecule is CCCCCCc1cc(CCCCCC)c(-c2ccnc(/C([NH-])=C/C(=N)C(F)(F)F)c2)s1.O=C(O)c1ccnc(-c2cc(C(=O)O)cc(-c3cc(-c4ccc(N(c5ccccc5)c5ccccc5)o4)ccn3)n2)c1.[N-]=C=S.[Ru+2]. The zero-order valence-electron chi connectivity index (χ0n) is 42.6. The summed E-state index contributed by atoms with van der Waals surface area (Å²) in [6.07, 6.45) is 11.7. The average Bonchev–Trinajstić information content (AvgIpc) is 4.12. The first-order valence-electron chi connectivity index (χ1n) is 24.7. The molecule has 0 unspecified atom stereocenters. The van der Waals surface area contributed by atoms with Crippen molar-refractivity contribution in [2.24, 2.45) is 0 Å².